The number of sulfonamides is 1. The number of methoxy groups -OCH3 is 1. The summed E-state index contributed by atoms with van der Waals surface area (Å²) in [6, 6.07) is 5.32. The second-order valence-electron chi connectivity index (χ2n) is 10.3. The van der Waals surface area contributed by atoms with Crippen molar-refractivity contribution in [3.8, 4) is 5.75 Å². The Morgan fingerprint density at radius 2 is 1.88 bits per heavy atom. The second kappa shape index (κ2) is 8.53. The zero-order valence-electron chi connectivity index (χ0n) is 20.3. The molecule has 0 unspecified atom stereocenters. The molecule has 1 aromatic carbocycles. The predicted molar refractivity (Wildman–Crippen MR) is 130 cm³/mol. The normalized spacial score (nSPS) is 23.5. The first-order valence-corrected chi connectivity index (χ1v) is 14.1. The maximum Gasteiger partial charge on any atom is 0.225 e. The molecule has 8 nitrogen and oxygen atoms in total. The van der Waals surface area contributed by atoms with Crippen LogP contribution in [0.2, 0.25) is 0 Å². The molecule has 9 heteroatoms. The van der Waals surface area contributed by atoms with Crippen LogP contribution < -0.4 is 4.74 Å². The zero-order valence-corrected chi connectivity index (χ0v) is 21.1. The summed E-state index contributed by atoms with van der Waals surface area (Å²) in [5.41, 5.74) is 2.52. The van der Waals surface area contributed by atoms with Crippen molar-refractivity contribution in [2.75, 3.05) is 39.6 Å². The molecule has 0 radical (unpaired) electrons. The molecule has 1 saturated carbocycles. The first-order valence-electron chi connectivity index (χ1n) is 12.2. The lowest BCUT2D eigenvalue weighted by Gasteiger charge is -2.49. The van der Waals surface area contributed by atoms with Crippen molar-refractivity contribution in [1.29, 1.82) is 0 Å². The van der Waals surface area contributed by atoms with Gasteiger partial charge in [-0.15, -0.1) is 0 Å². The van der Waals surface area contributed by atoms with Gasteiger partial charge in [-0.2, -0.15) is 4.31 Å². The number of aryl methyl sites for hydroxylation is 1. The van der Waals surface area contributed by atoms with E-state index in [2.05, 4.69) is 6.07 Å². The molecule has 3 aliphatic rings. The SMILES string of the molecule is COc1ccc2c3c(n(C)c2c1)[C@H](CO)N(S(C)(=O)=O)CC31CCN(C(=O)C2CCCC2)CC1. The number of nitrogens with zero attached hydrogens (tertiary/aromatic N) is 3. The molecule has 34 heavy (non-hydrogen) atoms. The number of rotatable bonds is 4. The lowest BCUT2D eigenvalue weighted by Crippen LogP contribution is -2.56. The highest BCUT2D eigenvalue weighted by Crippen LogP contribution is 2.50. The fourth-order valence-electron chi connectivity index (χ4n) is 6.65. The van der Waals surface area contributed by atoms with E-state index in [0.29, 0.717) is 32.5 Å². The van der Waals surface area contributed by atoms with Crippen molar-refractivity contribution < 1.29 is 23.1 Å². The third-order valence-corrected chi connectivity index (χ3v) is 9.68. The van der Waals surface area contributed by atoms with Crippen LogP contribution in [0.3, 0.4) is 0 Å². The number of hydrogen-bond donors (Lipinski definition) is 1. The number of aliphatic hydroxyl groups excluding tert-OH is 1. The molecular weight excluding hydrogens is 454 g/mol. The van der Waals surface area contributed by atoms with E-state index in [1.165, 1.54) is 10.6 Å². The van der Waals surface area contributed by atoms with Crippen LogP contribution in [0.25, 0.3) is 10.9 Å². The molecular formula is C25H35N3O5S. The fourth-order valence-corrected chi connectivity index (χ4v) is 7.76. The number of aromatic nitrogens is 1. The summed E-state index contributed by atoms with van der Waals surface area (Å²) >= 11 is 0. The number of carbonyl (C=O) groups is 1. The molecule has 3 heterocycles. The highest BCUT2D eigenvalue weighted by atomic mass is 32.2. The van der Waals surface area contributed by atoms with Gasteiger partial charge in [0.25, 0.3) is 0 Å². The van der Waals surface area contributed by atoms with Crippen LogP contribution in [-0.2, 0) is 27.3 Å². The van der Waals surface area contributed by atoms with Crippen LogP contribution in [0, 0.1) is 5.92 Å². The van der Waals surface area contributed by atoms with Gasteiger partial charge in [0.1, 0.15) is 5.75 Å². The predicted octanol–water partition coefficient (Wildman–Crippen LogP) is 2.55. The van der Waals surface area contributed by atoms with E-state index >= 15 is 0 Å². The Balaban J connectivity index is 1.61. The quantitative estimate of drug-likeness (QED) is 0.713. The third kappa shape index (κ3) is 3.63. The lowest BCUT2D eigenvalue weighted by atomic mass is 9.68. The molecule has 1 aromatic heterocycles. The summed E-state index contributed by atoms with van der Waals surface area (Å²) in [6.07, 6.45) is 6.84. The number of hydrogen-bond acceptors (Lipinski definition) is 5. The minimum absolute atomic E-state index is 0.146. The molecule has 0 bridgehead atoms. The summed E-state index contributed by atoms with van der Waals surface area (Å²) in [5, 5.41) is 11.4. The lowest BCUT2D eigenvalue weighted by molar-refractivity contribution is -0.137. The van der Waals surface area contributed by atoms with Gasteiger partial charge in [0.15, 0.2) is 0 Å². The number of piperidine rings is 1. The van der Waals surface area contributed by atoms with Gasteiger partial charge in [-0.3, -0.25) is 4.79 Å². The van der Waals surface area contributed by atoms with E-state index in [0.717, 1.165) is 53.6 Å². The van der Waals surface area contributed by atoms with Gasteiger partial charge < -0.3 is 19.3 Å². The number of amides is 1. The summed E-state index contributed by atoms with van der Waals surface area (Å²) in [5.74, 6) is 1.14. The number of benzene rings is 1. The van der Waals surface area contributed by atoms with Gasteiger partial charge >= 0.3 is 0 Å². The van der Waals surface area contributed by atoms with Crippen molar-refractivity contribution in [3.05, 3.63) is 29.5 Å². The van der Waals surface area contributed by atoms with E-state index in [-0.39, 0.29) is 18.4 Å². The number of aliphatic hydroxyl groups is 1. The van der Waals surface area contributed by atoms with Crippen LogP contribution >= 0.6 is 0 Å². The average molecular weight is 490 g/mol. The smallest absolute Gasteiger partial charge is 0.225 e. The van der Waals surface area contributed by atoms with Crippen molar-refractivity contribution >= 4 is 26.8 Å². The first-order chi connectivity index (χ1) is 16.2. The molecule has 1 atom stereocenters. The molecule has 5 rings (SSSR count). The van der Waals surface area contributed by atoms with E-state index in [1.54, 1.807) is 7.11 Å². The topological polar surface area (TPSA) is 92.1 Å². The van der Waals surface area contributed by atoms with Gasteiger partial charge in [-0.25, -0.2) is 8.42 Å². The fraction of sp³-hybridized carbons (Fsp3) is 0.640. The maximum absolute atomic E-state index is 13.1. The van der Waals surface area contributed by atoms with Gasteiger partial charge in [0.05, 0.1) is 31.5 Å². The Labute approximate surface area is 201 Å². The summed E-state index contributed by atoms with van der Waals surface area (Å²) in [6.45, 7) is 1.29. The van der Waals surface area contributed by atoms with Crippen molar-refractivity contribution in [2.45, 2.75) is 50.0 Å². The highest BCUT2D eigenvalue weighted by molar-refractivity contribution is 7.88. The van der Waals surface area contributed by atoms with Crippen LogP contribution in [0.4, 0.5) is 0 Å². The third-order valence-electron chi connectivity index (χ3n) is 8.44. The van der Waals surface area contributed by atoms with Crippen molar-refractivity contribution in [2.24, 2.45) is 13.0 Å². The number of fused-ring (bicyclic) bond motifs is 4. The standard InChI is InChI=1S/C25H35N3O5S/c1-26-20-14-18(33-2)8-9-19(20)22-23(26)21(15-29)28(34(3,31)32)16-25(22)10-12-27(13-11-25)24(30)17-6-4-5-7-17/h8-9,14,17,21,29H,4-7,10-13,15-16H2,1-3H3/t21-/m0/s1. The van der Waals surface area contributed by atoms with E-state index in [1.807, 2.05) is 28.6 Å². The van der Waals surface area contributed by atoms with Crippen molar-refractivity contribution in [1.82, 2.24) is 13.8 Å². The minimum Gasteiger partial charge on any atom is -0.497 e. The van der Waals surface area contributed by atoms with Gasteiger partial charge in [-0.05, 0) is 43.4 Å². The second-order valence-corrected chi connectivity index (χ2v) is 12.2. The molecule has 2 fully saturated rings. The van der Waals surface area contributed by atoms with Gasteiger partial charge in [-0.1, -0.05) is 12.8 Å². The van der Waals surface area contributed by atoms with Gasteiger partial charge in [0.2, 0.25) is 15.9 Å². The van der Waals surface area contributed by atoms with Crippen molar-refractivity contribution in [3.63, 3.8) is 0 Å². The molecule has 1 saturated heterocycles. The summed E-state index contributed by atoms with van der Waals surface area (Å²) < 4.78 is 34.7. The molecule has 2 aliphatic heterocycles. The Bertz CT molecular complexity index is 1210. The average Bonchev–Trinajstić information content (AvgIpc) is 3.46. The summed E-state index contributed by atoms with van der Waals surface area (Å²) in [7, 11) is 0.00109. The molecule has 1 spiro atoms. The molecule has 1 amide bonds. The molecule has 1 N–H and O–H groups in total. The number of ether oxygens (including phenoxy) is 1. The van der Waals surface area contributed by atoms with E-state index in [4.69, 9.17) is 4.74 Å². The molecule has 1 aliphatic carbocycles. The van der Waals surface area contributed by atoms with Crippen LogP contribution in [-0.4, -0.2) is 72.8 Å². The summed E-state index contributed by atoms with van der Waals surface area (Å²) in [4.78, 5) is 15.1. The Morgan fingerprint density at radius 1 is 1.21 bits per heavy atom. The van der Waals surface area contributed by atoms with Gasteiger partial charge in [0, 0.05) is 55.2 Å². The largest absolute Gasteiger partial charge is 0.497 e. The van der Waals surface area contributed by atoms with E-state index in [9.17, 15) is 18.3 Å². The number of carbonyl (C=O) groups excluding carboxylic acids is 1. The van der Waals surface area contributed by atoms with Crippen LogP contribution in [0.1, 0.15) is 55.8 Å². The van der Waals surface area contributed by atoms with Crippen LogP contribution in [0.5, 0.6) is 5.75 Å². The molecule has 2 aromatic rings. The highest BCUT2D eigenvalue weighted by Gasteiger charge is 2.51. The Morgan fingerprint density at radius 3 is 2.47 bits per heavy atom. The Kier molecular flexibility index (Phi) is 5.93. The zero-order chi connectivity index (χ0) is 24.3. The Hall–Kier alpha value is -2.10. The van der Waals surface area contributed by atoms with Crippen LogP contribution in [0.15, 0.2) is 18.2 Å². The minimum atomic E-state index is -3.56. The number of likely N-dealkylation sites (tertiary alicyclic amines) is 1. The maximum atomic E-state index is 13.1. The first kappa shape index (κ1) is 23.6. The monoisotopic (exact) mass is 489 g/mol. The molecule has 186 valence electrons. The van der Waals surface area contributed by atoms with E-state index < -0.39 is 21.5 Å².